The minimum Gasteiger partial charge on any atom is -0.464 e. The van der Waals surface area contributed by atoms with E-state index >= 15 is 0 Å². The lowest BCUT2D eigenvalue weighted by atomic mass is 10.2. The molecule has 0 aromatic carbocycles. The van der Waals surface area contributed by atoms with Crippen molar-refractivity contribution in [2.75, 3.05) is 20.8 Å². The molecule has 110 valence electrons. The molecule has 20 heavy (non-hydrogen) atoms. The Balaban J connectivity index is 2.89. The van der Waals surface area contributed by atoms with Gasteiger partial charge in [0.2, 0.25) is 0 Å². The summed E-state index contributed by atoms with van der Waals surface area (Å²) in [4.78, 5) is 33.9. The van der Waals surface area contributed by atoms with Crippen LogP contribution in [0, 0.1) is 0 Å². The Morgan fingerprint density at radius 1 is 1.30 bits per heavy atom. The predicted octanol–water partition coefficient (Wildman–Crippen LogP) is -1.55. The number of esters is 1. The van der Waals surface area contributed by atoms with Gasteiger partial charge in [-0.2, -0.15) is 0 Å². The van der Waals surface area contributed by atoms with E-state index in [1.165, 1.54) is 11.8 Å². The molecule has 0 unspecified atom stereocenters. The van der Waals surface area contributed by atoms with Crippen molar-refractivity contribution in [2.24, 2.45) is 5.73 Å². The summed E-state index contributed by atoms with van der Waals surface area (Å²) in [5.41, 5.74) is 5.79. The van der Waals surface area contributed by atoms with E-state index in [0.717, 1.165) is 7.11 Å². The maximum absolute atomic E-state index is 11.5. The zero-order valence-corrected chi connectivity index (χ0v) is 11.1. The Morgan fingerprint density at radius 3 is 2.55 bits per heavy atom. The molecular weight excluding hydrogens is 270 g/mol. The summed E-state index contributed by atoms with van der Waals surface area (Å²) in [5, 5.41) is 9.28. The van der Waals surface area contributed by atoms with Gasteiger partial charge in [-0.25, -0.2) is 14.3 Å². The zero-order chi connectivity index (χ0) is 15.1. The van der Waals surface area contributed by atoms with Gasteiger partial charge in [0.15, 0.2) is 5.69 Å². The highest BCUT2D eigenvalue weighted by atomic mass is 16.5. The average molecular weight is 285 g/mol. The van der Waals surface area contributed by atoms with Gasteiger partial charge in [0.05, 0.1) is 19.9 Å². The summed E-state index contributed by atoms with van der Waals surface area (Å²) in [6.45, 7) is -0.0651. The highest BCUT2D eigenvalue weighted by molar-refractivity contribution is 5.92. The molecule has 0 saturated heterocycles. The van der Waals surface area contributed by atoms with Crippen molar-refractivity contribution in [3.05, 3.63) is 11.4 Å². The number of hydrogen-bond donors (Lipinski definition) is 2. The second kappa shape index (κ2) is 7.19. The number of hydrogen-bond acceptors (Lipinski definition) is 8. The van der Waals surface area contributed by atoms with Crippen LogP contribution >= 0.6 is 0 Å². The number of rotatable bonds is 5. The first-order valence-corrected chi connectivity index (χ1v) is 5.62. The highest BCUT2D eigenvalue weighted by Gasteiger charge is 2.21. The molecule has 0 bridgehead atoms. The summed E-state index contributed by atoms with van der Waals surface area (Å²) < 4.78 is 10.0. The van der Waals surface area contributed by atoms with Gasteiger partial charge in [-0.15, -0.1) is 5.10 Å². The maximum Gasteiger partial charge on any atom is 0.413 e. The van der Waals surface area contributed by atoms with Gasteiger partial charge < -0.3 is 15.2 Å². The fourth-order valence-electron chi connectivity index (χ4n) is 1.44. The molecule has 10 heteroatoms. The standard InChI is InChI=1S/C10H15N5O5/c1-19-9(17)8-6(3-4-11)15(14-13-8)5-7(16)12-10(18)20-2/h3-5,11H2,1-2H3,(H,12,16,18). The zero-order valence-electron chi connectivity index (χ0n) is 11.1. The molecule has 0 aliphatic carbocycles. The Morgan fingerprint density at radius 2 is 2.00 bits per heavy atom. The number of methoxy groups -OCH3 is 2. The Hall–Kier alpha value is -2.49. The molecule has 0 atom stereocenters. The van der Waals surface area contributed by atoms with Crippen molar-refractivity contribution in [3.8, 4) is 0 Å². The van der Waals surface area contributed by atoms with Crippen LogP contribution < -0.4 is 11.1 Å². The second-order valence-corrected chi connectivity index (χ2v) is 3.61. The lowest BCUT2D eigenvalue weighted by Gasteiger charge is -2.06. The maximum atomic E-state index is 11.5. The van der Waals surface area contributed by atoms with Gasteiger partial charge in [-0.3, -0.25) is 10.1 Å². The van der Waals surface area contributed by atoms with Gasteiger partial charge in [0, 0.05) is 6.42 Å². The summed E-state index contributed by atoms with van der Waals surface area (Å²) >= 11 is 0. The smallest absolute Gasteiger partial charge is 0.413 e. The van der Waals surface area contributed by atoms with Crippen molar-refractivity contribution >= 4 is 18.0 Å². The van der Waals surface area contributed by atoms with E-state index in [9.17, 15) is 14.4 Å². The van der Waals surface area contributed by atoms with Gasteiger partial charge in [0.1, 0.15) is 6.54 Å². The van der Waals surface area contributed by atoms with Crippen LogP contribution in [0.15, 0.2) is 0 Å². The third kappa shape index (κ3) is 3.75. The number of amides is 2. The SMILES string of the molecule is COC(=O)NC(=O)Cn1nnc(C(=O)OC)c1CCN. The highest BCUT2D eigenvalue weighted by Crippen LogP contribution is 2.07. The molecule has 0 saturated carbocycles. The Labute approximate surface area is 114 Å². The Bertz CT molecular complexity index is 512. The molecule has 0 fully saturated rings. The number of carbonyl (C=O) groups excluding carboxylic acids is 3. The summed E-state index contributed by atoms with van der Waals surface area (Å²) in [5.74, 6) is -1.33. The summed E-state index contributed by atoms with van der Waals surface area (Å²) in [7, 11) is 2.34. The van der Waals surface area contributed by atoms with Crippen molar-refractivity contribution in [1.29, 1.82) is 0 Å². The minimum absolute atomic E-state index is 0.0104. The molecule has 0 aliphatic heterocycles. The lowest BCUT2D eigenvalue weighted by Crippen LogP contribution is -2.34. The van der Waals surface area contributed by atoms with Gasteiger partial charge in [-0.1, -0.05) is 5.21 Å². The quantitative estimate of drug-likeness (QED) is 0.620. The van der Waals surface area contributed by atoms with E-state index in [-0.39, 0.29) is 25.2 Å². The Kier molecular flexibility index (Phi) is 5.59. The van der Waals surface area contributed by atoms with Crippen molar-refractivity contribution < 1.29 is 23.9 Å². The van der Waals surface area contributed by atoms with E-state index in [1.54, 1.807) is 0 Å². The normalized spacial score (nSPS) is 9.95. The van der Waals surface area contributed by atoms with E-state index in [4.69, 9.17) is 5.73 Å². The summed E-state index contributed by atoms with van der Waals surface area (Å²) in [6.07, 6.45) is -0.605. The molecule has 0 spiro atoms. The van der Waals surface area contributed by atoms with Gasteiger partial charge in [0.25, 0.3) is 5.91 Å². The van der Waals surface area contributed by atoms with E-state index in [2.05, 4.69) is 19.8 Å². The number of imide groups is 1. The minimum atomic E-state index is -0.885. The first-order chi connectivity index (χ1) is 9.53. The third-order valence-electron chi connectivity index (χ3n) is 2.32. The van der Waals surface area contributed by atoms with Crippen molar-refractivity contribution in [2.45, 2.75) is 13.0 Å². The number of aromatic nitrogens is 3. The van der Waals surface area contributed by atoms with Crippen LogP contribution in [0.3, 0.4) is 0 Å². The van der Waals surface area contributed by atoms with Crippen molar-refractivity contribution in [3.63, 3.8) is 0 Å². The number of nitrogens with zero attached hydrogens (tertiary/aromatic N) is 3. The van der Waals surface area contributed by atoms with E-state index in [1.807, 2.05) is 5.32 Å². The predicted molar refractivity (Wildman–Crippen MR) is 64.7 cm³/mol. The molecule has 0 aliphatic rings. The van der Waals surface area contributed by atoms with E-state index in [0.29, 0.717) is 5.69 Å². The van der Waals surface area contributed by atoms with Crippen LogP contribution in [-0.2, 0) is 27.2 Å². The van der Waals surface area contributed by atoms with Crippen LogP contribution in [0.1, 0.15) is 16.2 Å². The fourth-order valence-corrected chi connectivity index (χ4v) is 1.44. The van der Waals surface area contributed by atoms with Crippen molar-refractivity contribution in [1.82, 2.24) is 20.3 Å². The first-order valence-electron chi connectivity index (χ1n) is 5.62. The molecule has 1 aromatic rings. The van der Waals surface area contributed by atoms with E-state index < -0.39 is 18.0 Å². The number of ether oxygens (including phenoxy) is 2. The topological polar surface area (TPSA) is 138 Å². The second-order valence-electron chi connectivity index (χ2n) is 3.61. The monoisotopic (exact) mass is 285 g/mol. The molecular formula is C10H15N5O5. The molecule has 1 aromatic heterocycles. The molecule has 0 radical (unpaired) electrons. The molecule has 1 heterocycles. The number of carbonyl (C=O) groups is 3. The first kappa shape index (κ1) is 15.6. The lowest BCUT2D eigenvalue weighted by molar-refractivity contribution is -0.121. The van der Waals surface area contributed by atoms with Crippen LogP contribution in [-0.4, -0.2) is 53.7 Å². The molecule has 1 rings (SSSR count). The average Bonchev–Trinajstić information content (AvgIpc) is 2.81. The van der Waals surface area contributed by atoms with Crippen LogP contribution in [0.2, 0.25) is 0 Å². The van der Waals surface area contributed by atoms with Crippen LogP contribution in [0.5, 0.6) is 0 Å². The number of alkyl carbamates (subject to hydrolysis) is 1. The van der Waals surface area contributed by atoms with Crippen LogP contribution in [0.25, 0.3) is 0 Å². The molecule has 10 nitrogen and oxygen atoms in total. The van der Waals surface area contributed by atoms with Crippen LogP contribution in [0.4, 0.5) is 4.79 Å². The number of nitrogens with two attached hydrogens (primary N) is 1. The fraction of sp³-hybridized carbons (Fsp3) is 0.500. The largest absolute Gasteiger partial charge is 0.464 e. The molecule has 3 N–H and O–H groups in total. The number of nitrogens with one attached hydrogen (secondary N) is 1. The van der Waals surface area contributed by atoms with Gasteiger partial charge >= 0.3 is 12.1 Å². The molecule has 2 amide bonds. The third-order valence-corrected chi connectivity index (χ3v) is 2.32. The summed E-state index contributed by atoms with van der Waals surface area (Å²) in [6, 6.07) is 0. The van der Waals surface area contributed by atoms with Gasteiger partial charge in [-0.05, 0) is 6.54 Å².